The van der Waals surface area contributed by atoms with Crippen LogP contribution in [0.3, 0.4) is 0 Å². The highest BCUT2D eigenvalue weighted by Gasteiger charge is 2.33. The first-order valence-corrected chi connectivity index (χ1v) is 12.7. The smallest absolute Gasteiger partial charge is 0.416 e. The second-order valence-electron chi connectivity index (χ2n) is 8.88. The number of halogens is 7. The number of carbonyl (C=O) groups excluding carboxylic acids is 1. The lowest BCUT2D eigenvalue weighted by atomic mass is 10.0. The molecule has 0 radical (unpaired) electrons. The molecule has 0 saturated heterocycles. The maximum atomic E-state index is 14.3. The minimum absolute atomic E-state index is 0.0404. The molecule has 0 bridgehead atoms. The Kier molecular flexibility index (Phi) is 8.62. The van der Waals surface area contributed by atoms with E-state index in [-0.39, 0.29) is 17.0 Å². The summed E-state index contributed by atoms with van der Waals surface area (Å²) in [5.74, 6) is -4.09. The van der Waals surface area contributed by atoms with Gasteiger partial charge in [0.1, 0.15) is 29.8 Å². The minimum Gasteiger partial charge on any atom is -0.488 e. The van der Waals surface area contributed by atoms with Crippen molar-refractivity contribution in [2.45, 2.75) is 32.5 Å². The van der Waals surface area contributed by atoms with Crippen molar-refractivity contribution in [3.63, 3.8) is 0 Å². The number of methoxy groups -OCH3 is 1. The molecule has 0 amide bonds. The Morgan fingerprint density at radius 3 is 2.30 bits per heavy atom. The molecule has 0 unspecified atom stereocenters. The average Bonchev–Trinajstić information content (AvgIpc) is 3.08. The zero-order valence-corrected chi connectivity index (χ0v) is 22.8. The van der Waals surface area contributed by atoms with Crippen LogP contribution in [0.1, 0.15) is 46.8 Å². The lowest BCUT2D eigenvalue weighted by Crippen LogP contribution is -2.21. The molecule has 210 valence electrons. The van der Waals surface area contributed by atoms with Crippen LogP contribution in [0, 0.1) is 17.5 Å². The first kappa shape index (κ1) is 29.3. The van der Waals surface area contributed by atoms with Crippen LogP contribution < -0.4 is 9.64 Å². The number of hydrogen-bond donors (Lipinski definition) is 0. The van der Waals surface area contributed by atoms with E-state index in [1.807, 2.05) is 6.08 Å². The number of allylic oxidation sites excluding steroid dienone is 3. The third kappa shape index (κ3) is 6.35. The van der Waals surface area contributed by atoms with Crippen molar-refractivity contribution in [2.24, 2.45) is 0 Å². The van der Waals surface area contributed by atoms with Gasteiger partial charge in [0.2, 0.25) is 0 Å². The Morgan fingerprint density at radius 2 is 1.65 bits per heavy atom. The van der Waals surface area contributed by atoms with E-state index in [2.05, 4.69) is 20.7 Å². The van der Waals surface area contributed by atoms with Gasteiger partial charge in [0.15, 0.2) is 0 Å². The van der Waals surface area contributed by atoms with E-state index in [1.165, 1.54) is 12.1 Å². The molecule has 1 aliphatic rings. The number of benzene rings is 3. The van der Waals surface area contributed by atoms with Crippen LogP contribution in [-0.4, -0.2) is 13.1 Å². The van der Waals surface area contributed by atoms with Crippen LogP contribution in [0.5, 0.6) is 5.75 Å². The van der Waals surface area contributed by atoms with E-state index in [4.69, 9.17) is 4.74 Å². The molecule has 0 fully saturated rings. The summed E-state index contributed by atoms with van der Waals surface area (Å²) in [4.78, 5) is 13.8. The number of esters is 1. The van der Waals surface area contributed by atoms with Gasteiger partial charge < -0.3 is 14.4 Å². The molecule has 40 heavy (non-hydrogen) atoms. The first-order chi connectivity index (χ1) is 18.9. The summed E-state index contributed by atoms with van der Waals surface area (Å²) in [5.41, 5.74) is -0.411. The summed E-state index contributed by atoms with van der Waals surface area (Å²) in [6, 6.07) is 8.83. The fourth-order valence-electron chi connectivity index (χ4n) is 4.29. The fourth-order valence-corrected chi connectivity index (χ4v) is 4.65. The topological polar surface area (TPSA) is 38.8 Å². The van der Waals surface area contributed by atoms with Crippen LogP contribution in [0.4, 0.5) is 32.0 Å². The first-order valence-electron chi connectivity index (χ1n) is 11.9. The number of nitrogens with zero attached hydrogens (tertiary/aromatic N) is 1. The maximum absolute atomic E-state index is 14.3. The average molecular weight is 626 g/mol. The zero-order chi connectivity index (χ0) is 29.2. The van der Waals surface area contributed by atoms with Crippen molar-refractivity contribution in [3.8, 4) is 5.75 Å². The largest absolute Gasteiger partial charge is 0.488 e. The normalized spacial score (nSPS) is 13.9. The summed E-state index contributed by atoms with van der Waals surface area (Å²) < 4.78 is 94.5. The van der Waals surface area contributed by atoms with Crippen molar-refractivity contribution in [3.05, 3.63) is 111 Å². The van der Waals surface area contributed by atoms with Gasteiger partial charge in [-0.2, -0.15) is 13.2 Å². The third-order valence-corrected chi connectivity index (χ3v) is 6.65. The molecule has 4 rings (SSSR count). The number of ether oxygens (including phenoxy) is 2. The number of hydrogen-bond acceptors (Lipinski definition) is 4. The van der Waals surface area contributed by atoms with Crippen LogP contribution in [0.15, 0.2) is 70.9 Å². The van der Waals surface area contributed by atoms with Crippen LogP contribution >= 0.6 is 15.9 Å². The highest BCUT2D eigenvalue weighted by molar-refractivity contribution is 9.10. The Hall–Kier alpha value is -3.73. The summed E-state index contributed by atoms with van der Waals surface area (Å²) >= 11 is 3.39. The van der Waals surface area contributed by atoms with Gasteiger partial charge in [-0.3, -0.25) is 0 Å². The monoisotopic (exact) mass is 625 g/mol. The van der Waals surface area contributed by atoms with E-state index in [0.717, 1.165) is 19.2 Å². The van der Waals surface area contributed by atoms with Crippen LogP contribution in [-0.2, 0) is 17.5 Å². The molecule has 0 spiro atoms. The maximum Gasteiger partial charge on any atom is 0.416 e. The van der Waals surface area contributed by atoms with E-state index in [1.54, 1.807) is 30.0 Å². The second kappa shape index (κ2) is 11.8. The van der Waals surface area contributed by atoms with Gasteiger partial charge in [0, 0.05) is 33.6 Å². The standard InChI is InChI=1S/C29H22BrF6NO3/c1-16-5-3-4-6-26(37(16)21-10-17(28(38)39-2)9-18(11-21)29(34,35)36)22-12-19(30)7-8-27(22)40-15-23-24(32)13-20(31)14-25(23)33/h5-14H,3-4,15H2,1-2H3. The number of carbonyl (C=O) groups is 1. The SMILES string of the molecule is COC(=O)c1cc(N2C(C)=CCCC=C2c2cc(Br)ccc2OCc2c(F)cc(F)cc2F)cc(C(F)(F)F)c1. The summed E-state index contributed by atoms with van der Waals surface area (Å²) in [7, 11) is 1.07. The van der Waals surface area contributed by atoms with E-state index >= 15 is 0 Å². The molecule has 0 aliphatic carbocycles. The molecule has 4 nitrogen and oxygen atoms in total. The second-order valence-corrected chi connectivity index (χ2v) is 9.80. The van der Waals surface area contributed by atoms with Gasteiger partial charge in [0.25, 0.3) is 0 Å². The highest BCUT2D eigenvalue weighted by atomic mass is 79.9. The predicted molar refractivity (Wildman–Crippen MR) is 141 cm³/mol. The Bertz CT molecular complexity index is 1490. The van der Waals surface area contributed by atoms with Crippen molar-refractivity contribution in [2.75, 3.05) is 12.0 Å². The van der Waals surface area contributed by atoms with Gasteiger partial charge >= 0.3 is 12.1 Å². The quantitative estimate of drug-likeness (QED) is 0.203. The molecule has 0 N–H and O–H groups in total. The van der Waals surface area contributed by atoms with Gasteiger partial charge in [-0.15, -0.1) is 0 Å². The predicted octanol–water partition coefficient (Wildman–Crippen LogP) is 8.80. The number of anilines is 1. The van der Waals surface area contributed by atoms with Gasteiger partial charge in [-0.05, 0) is 56.2 Å². The molecule has 1 aliphatic heterocycles. The van der Waals surface area contributed by atoms with Crippen molar-refractivity contribution >= 4 is 33.3 Å². The van der Waals surface area contributed by atoms with Gasteiger partial charge in [-0.1, -0.05) is 28.1 Å². The van der Waals surface area contributed by atoms with Crippen molar-refractivity contribution in [1.82, 2.24) is 0 Å². The van der Waals surface area contributed by atoms with Crippen LogP contribution in [0.2, 0.25) is 0 Å². The molecule has 3 aromatic rings. The summed E-state index contributed by atoms with van der Waals surface area (Å²) in [5, 5.41) is 0. The fraction of sp³-hybridized carbons (Fsp3) is 0.207. The zero-order valence-electron chi connectivity index (χ0n) is 21.2. The lowest BCUT2D eigenvalue weighted by molar-refractivity contribution is -0.137. The van der Waals surface area contributed by atoms with Crippen molar-refractivity contribution in [1.29, 1.82) is 0 Å². The van der Waals surface area contributed by atoms with Crippen LogP contribution in [0.25, 0.3) is 5.70 Å². The van der Waals surface area contributed by atoms with Gasteiger partial charge in [0.05, 0.1) is 29.5 Å². The third-order valence-electron chi connectivity index (χ3n) is 6.16. The molecule has 11 heteroatoms. The number of alkyl halides is 3. The highest BCUT2D eigenvalue weighted by Crippen LogP contribution is 2.41. The molecule has 3 aromatic carbocycles. The molecular weight excluding hydrogens is 604 g/mol. The Balaban J connectivity index is 1.84. The molecule has 1 heterocycles. The number of rotatable bonds is 6. The lowest BCUT2D eigenvalue weighted by Gasteiger charge is -2.30. The van der Waals surface area contributed by atoms with Crippen molar-refractivity contribution < 1.29 is 40.6 Å². The molecule has 0 saturated carbocycles. The molecule has 0 aromatic heterocycles. The van der Waals surface area contributed by atoms with E-state index in [9.17, 15) is 31.1 Å². The van der Waals surface area contributed by atoms with E-state index < -0.39 is 47.3 Å². The van der Waals surface area contributed by atoms with E-state index in [0.29, 0.717) is 46.4 Å². The Morgan fingerprint density at radius 1 is 0.975 bits per heavy atom. The molecular formula is C29H22BrF6NO3. The molecule has 0 atom stereocenters. The minimum atomic E-state index is -4.75. The Labute approximate surface area is 234 Å². The summed E-state index contributed by atoms with van der Waals surface area (Å²) in [6.45, 7) is 1.13. The van der Waals surface area contributed by atoms with Gasteiger partial charge in [-0.25, -0.2) is 18.0 Å². The summed E-state index contributed by atoms with van der Waals surface area (Å²) in [6.07, 6.45) is -0.0361.